The van der Waals surface area contributed by atoms with Crippen LogP contribution < -0.4 is 9.47 Å². The van der Waals surface area contributed by atoms with Crippen molar-refractivity contribution in [3.8, 4) is 22.9 Å². The number of fused-ring (bicyclic) bond motifs is 1. The molecule has 4 aromatic rings. The Bertz CT molecular complexity index is 1220. The van der Waals surface area contributed by atoms with E-state index in [1.54, 1.807) is 36.4 Å². The molecule has 1 aromatic heterocycles. The van der Waals surface area contributed by atoms with Gasteiger partial charge < -0.3 is 9.47 Å². The maximum absolute atomic E-state index is 14.0. The van der Waals surface area contributed by atoms with E-state index in [2.05, 4.69) is 10.3 Å². The van der Waals surface area contributed by atoms with E-state index in [1.165, 1.54) is 17.9 Å². The van der Waals surface area contributed by atoms with Crippen LogP contribution in [0.25, 0.3) is 16.7 Å². The van der Waals surface area contributed by atoms with Gasteiger partial charge in [-0.25, -0.2) is 9.07 Å². The summed E-state index contributed by atoms with van der Waals surface area (Å²) in [6.45, 7) is 0. The molecule has 0 spiro atoms. The second-order valence-corrected chi connectivity index (χ2v) is 6.59. The fraction of sp³-hybridized carbons (Fsp3) is 0.100. The van der Waals surface area contributed by atoms with Crippen LogP contribution in [-0.4, -0.2) is 22.1 Å². The molecule has 154 valence electrons. The number of methoxy groups -OCH3 is 1. The van der Waals surface area contributed by atoms with Crippen molar-refractivity contribution in [3.63, 3.8) is 0 Å². The fourth-order valence-electron chi connectivity index (χ4n) is 2.96. The average molecular weight is 438 g/mol. The normalized spacial score (nSPS) is 11.7. The lowest BCUT2D eigenvalue weighted by atomic mass is 10.2. The Morgan fingerprint density at radius 2 is 1.77 bits per heavy atom. The highest BCUT2D eigenvalue weighted by molar-refractivity contribution is 6.31. The van der Waals surface area contributed by atoms with Gasteiger partial charge in [-0.05, 0) is 24.3 Å². The zero-order valence-corrected chi connectivity index (χ0v) is 16.0. The van der Waals surface area contributed by atoms with Crippen molar-refractivity contribution in [2.45, 2.75) is 6.18 Å². The van der Waals surface area contributed by atoms with E-state index in [1.807, 2.05) is 0 Å². The molecule has 4 rings (SSSR count). The summed E-state index contributed by atoms with van der Waals surface area (Å²) in [6.07, 6.45) is -4.91. The molecule has 3 aromatic carbocycles. The number of para-hydroxylation sites is 2. The molecule has 0 amide bonds. The first-order valence-electron chi connectivity index (χ1n) is 8.51. The first-order chi connectivity index (χ1) is 14.3. The van der Waals surface area contributed by atoms with Crippen LogP contribution in [0.2, 0.25) is 5.02 Å². The third-order valence-corrected chi connectivity index (χ3v) is 4.56. The minimum Gasteiger partial charge on any atom is -0.494 e. The molecule has 0 saturated heterocycles. The summed E-state index contributed by atoms with van der Waals surface area (Å²) in [6, 6.07) is 13.4. The van der Waals surface area contributed by atoms with Crippen LogP contribution in [0, 0.1) is 5.82 Å². The summed E-state index contributed by atoms with van der Waals surface area (Å²) < 4.78 is 65.0. The number of benzene rings is 3. The van der Waals surface area contributed by atoms with Gasteiger partial charge in [0.25, 0.3) is 0 Å². The van der Waals surface area contributed by atoms with Gasteiger partial charge in [0.1, 0.15) is 39.8 Å². The smallest absolute Gasteiger partial charge is 0.420 e. The standard InChI is InChI=1S/C20H12ClF4N3O2/c1-29-18-5-3-2-4-16(18)28-17-10-11(6-7-15(17)26-27-28)30-12-8-13(21)19(14(22)9-12)20(23,24)25/h2-10H,1H3. The first-order valence-corrected chi connectivity index (χ1v) is 8.88. The highest BCUT2D eigenvalue weighted by Crippen LogP contribution is 2.39. The molecule has 30 heavy (non-hydrogen) atoms. The van der Waals surface area contributed by atoms with Crippen LogP contribution >= 0.6 is 11.6 Å². The molecule has 0 fully saturated rings. The predicted octanol–water partition coefficient (Wildman–Crippen LogP) is 6.03. The lowest BCUT2D eigenvalue weighted by Crippen LogP contribution is -2.09. The number of halogens is 5. The number of alkyl halides is 3. The molecule has 0 bridgehead atoms. The summed E-state index contributed by atoms with van der Waals surface area (Å²) in [5.41, 5.74) is 0.189. The van der Waals surface area contributed by atoms with Crippen LogP contribution in [0.5, 0.6) is 17.2 Å². The van der Waals surface area contributed by atoms with Gasteiger partial charge in [-0.3, -0.25) is 0 Å². The summed E-state index contributed by atoms with van der Waals surface area (Å²) in [5, 5.41) is 7.40. The third-order valence-electron chi connectivity index (χ3n) is 4.27. The Hall–Kier alpha value is -3.33. The molecule has 0 N–H and O–H groups in total. The molecule has 0 aliphatic heterocycles. The average Bonchev–Trinajstić information content (AvgIpc) is 3.09. The minimum absolute atomic E-state index is 0.179. The lowest BCUT2D eigenvalue weighted by molar-refractivity contribution is -0.139. The van der Waals surface area contributed by atoms with Crippen molar-refractivity contribution in [1.29, 1.82) is 0 Å². The van der Waals surface area contributed by atoms with Crippen molar-refractivity contribution >= 4 is 22.6 Å². The fourth-order valence-corrected chi connectivity index (χ4v) is 3.27. The van der Waals surface area contributed by atoms with Crippen LogP contribution in [0.1, 0.15) is 5.56 Å². The van der Waals surface area contributed by atoms with Crippen molar-refractivity contribution in [1.82, 2.24) is 15.0 Å². The Morgan fingerprint density at radius 3 is 2.47 bits per heavy atom. The second kappa shape index (κ2) is 7.49. The largest absolute Gasteiger partial charge is 0.494 e. The highest BCUT2D eigenvalue weighted by Gasteiger charge is 2.37. The number of hydrogen-bond acceptors (Lipinski definition) is 4. The molecule has 1 heterocycles. The van der Waals surface area contributed by atoms with E-state index >= 15 is 0 Å². The molecule has 0 aliphatic carbocycles. The van der Waals surface area contributed by atoms with Gasteiger partial charge in [-0.2, -0.15) is 13.2 Å². The van der Waals surface area contributed by atoms with Gasteiger partial charge in [0.2, 0.25) is 0 Å². The van der Waals surface area contributed by atoms with Crippen molar-refractivity contribution in [2.75, 3.05) is 7.11 Å². The Morgan fingerprint density at radius 1 is 1.00 bits per heavy atom. The topological polar surface area (TPSA) is 49.2 Å². The maximum atomic E-state index is 14.0. The molecule has 0 saturated carbocycles. The van der Waals surface area contributed by atoms with Crippen LogP contribution in [0.3, 0.4) is 0 Å². The van der Waals surface area contributed by atoms with E-state index in [4.69, 9.17) is 21.1 Å². The highest BCUT2D eigenvalue weighted by atomic mass is 35.5. The molecule has 0 aliphatic rings. The van der Waals surface area contributed by atoms with Gasteiger partial charge >= 0.3 is 6.18 Å². The van der Waals surface area contributed by atoms with E-state index in [0.29, 0.717) is 28.5 Å². The Kier molecular flexibility index (Phi) is 4.98. The van der Waals surface area contributed by atoms with E-state index in [0.717, 1.165) is 6.07 Å². The molecule has 5 nitrogen and oxygen atoms in total. The van der Waals surface area contributed by atoms with E-state index in [9.17, 15) is 17.6 Å². The molecule has 0 unspecified atom stereocenters. The number of ether oxygens (including phenoxy) is 2. The quantitative estimate of drug-likeness (QED) is 0.366. The Balaban J connectivity index is 1.73. The maximum Gasteiger partial charge on any atom is 0.420 e. The SMILES string of the molecule is COc1ccccc1-n1nnc2ccc(Oc3cc(F)c(C(F)(F)F)c(Cl)c3)cc21. The van der Waals surface area contributed by atoms with Crippen molar-refractivity contribution in [3.05, 3.63) is 71.0 Å². The summed E-state index contributed by atoms with van der Waals surface area (Å²) in [4.78, 5) is 0. The van der Waals surface area contributed by atoms with Crippen molar-refractivity contribution in [2.24, 2.45) is 0 Å². The number of rotatable bonds is 4. The van der Waals surface area contributed by atoms with E-state index in [-0.39, 0.29) is 11.5 Å². The summed E-state index contributed by atoms with van der Waals surface area (Å²) in [7, 11) is 1.52. The summed E-state index contributed by atoms with van der Waals surface area (Å²) >= 11 is 5.62. The van der Waals surface area contributed by atoms with Crippen LogP contribution in [0.4, 0.5) is 17.6 Å². The van der Waals surface area contributed by atoms with Gasteiger partial charge in [0.15, 0.2) is 0 Å². The molecule has 0 atom stereocenters. The zero-order chi connectivity index (χ0) is 21.5. The number of nitrogens with zero attached hydrogens (tertiary/aromatic N) is 3. The van der Waals surface area contributed by atoms with Gasteiger partial charge in [-0.15, -0.1) is 5.10 Å². The van der Waals surface area contributed by atoms with Crippen LogP contribution in [0.15, 0.2) is 54.6 Å². The number of aromatic nitrogens is 3. The van der Waals surface area contributed by atoms with Gasteiger partial charge in [0.05, 0.1) is 17.6 Å². The zero-order valence-electron chi connectivity index (χ0n) is 15.2. The Labute approximate surface area is 172 Å². The van der Waals surface area contributed by atoms with Gasteiger partial charge in [-0.1, -0.05) is 28.9 Å². The molecular weight excluding hydrogens is 426 g/mol. The van der Waals surface area contributed by atoms with E-state index < -0.39 is 22.6 Å². The monoisotopic (exact) mass is 437 g/mol. The van der Waals surface area contributed by atoms with Crippen molar-refractivity contribution < 1.29 is 27.0 Å². The molecule has 10 heteroatoms. The lowest BCUT2D eigenvalue weighted by Gasteiger charge is -2.13. The third kappa shape index (κ3) is 3.63. The second-order valence-electron chi connectivity index (χ2n) is 6.19. The molecule has 0 radical (unpaired) electrons. The first kappa shape index (κ1) is 20.0. The van der Waals surface area contributed by atoms with Gasteiger partial charge in [0, 0.05) is 18.2 Å². The molecular formula is C20H12ClF4N3O2. The predicted molar refractivity (Wildman–Crippen MR) is 102 cm³/mol. The van der Waals surface area contributed by atoms with Crippen LogP contribution in [-0.2, 0) is 6.18 Å². The number of hydrogen-bond donors (Lipinski definition) is 0. The summed E-state index contributed by atoms with van der Waals surface area (Å²) in [5.74, 6) is -0.906. The minimum atomic E-state index is -4.91.